The Bertz CT molecular complexity index is 897. The molecule has 2 rings (SSSR count). The third kappa shape index (κ3) is 10.9. The predicted molar refractivity (Wildman–Crippen MR) is 148 cm³/mol. The Labute approximate surface area is 222 Å². The Morgan fingerprint density at radius 2 is 1.84 bits per heavy atom. The molecule has 9 heteroatoms. The van der Waals surface area contributed by atoms with Gasteiger partial charge in [0.05, 0.1) is 17.5 Å². The number of nitrogens with zero attached hydrogens (tertiary/aromatic N) is 3. The number of carbonyl (C=O) groups excluding carboxylic acids is 2. The highest BCUT2D eigenvalue weighted by Crippen LogP contribution is 2.24. The van der Waals surface area contributed by atoms with Crippen LogP contribution in [0, 0.1) is 23.2 Å². The third-order valence-electron chi connectivity index (χ3n) is 6.29. The summed E-state index contributed by atoms with van der Waals surface area (Å²) < 4.78 is 5.15. The summed E-state index contributed by atoms with van der Waals surface area (Å²) in [7, 11) is 1.69. The predicted octanol–water partition coefficient (Wildman–Crippen LogP) is 3.33. The van der Waals surface area contributed by atoms with E-state index in [0.29, 0.717) is 44.8 Å². The normalized spacial score (nSPS) is 17.7. The van der Waals surface area contributed by atoms with Crippen LogP contribution in [0.2, 0.25) is 0 Å². The molecule has 1 aliphatic heterocycles. The van der Waals surface area contributed by atoms with Gasteiger partial charge in [-0.2, -0.15) is 5.26 Å². The number of hydrogen-bond donors (Lipinski definition) is 3. The number of anilines is 1. The van der Waals surface area contributed by atoms with Crippen LogP contribution in [0.25, 0.3) is 0 Å². The number of Topliss-reactive ketones (excluding diaryl/α,β-unsaturated/α-hetero) is 1. The standard InChI is InChI=1S/C26H43N5O3.C2H3N/c1-19(2)18-30(23-15-21(20(3)32)16-29-17-23)26(33)25(27)24(13-9-6-10-14-34-4)31(28)22-11-7-5-8-12-22;1-2-3/h5,7-8,11-12,19,21,23,29H,6,9-10,13-18,27-28H2,1-4H3;1H3/b25-24-;/t21?,23-;/m0./s1. The van der Waals surface area contributed by atoms with Gasteiger partial charge in [-0.25, -0.2) is 5.84 Å². The number of nitriles is 1. The molecule has 0 aliphatic carbocycles. The molecule has 0 spiro atoms. The van der Waals surface area contributed by atoms with E-state index in [-0.39, 0.29) is 35.3 Å². The van der Waals surface area contributed by atoms with Crippen molar-refractivity contribution in [2.45, 2.75) is 65.8 Å². The van der Waals surface area contributed by atoms with Crippen LogP contribution in [-0.4, -0.2) is 56.0 Å². The molecule has 9 nitrogen and oxygen atoms in total. The molecule has 37 heavy (non-hydrogen) atoms. The molecule has 1 aliphatic rings. The highest BCUT2D eigenvalue weighted by atomic mass is 16.5. The molecular weight excluding hydrogens is 468 g/mol. The molecule has 5 N–H and O–H groups in total. The lowest BCUT2D eigenvalue weighted by Gasteiger charge is -2.39. The van der Waals surface area contributed by atoms with Crippen molar-refractivity contribution in [2.24, 2.45) is 23.4 Å². The summed E-state index contributed by atoms with van der Waals surface area (Å²) in [5, 5.41) is 12.2. The Balaban J connectivity index is 0.00000217. The van der Waals surface area contributed by atoms with Gasteiger partial charge in [0.1, 0.15) is 11.5 Å². The highest BCUT2D eigenvalue weighted by molar-refractivity contribution is 5.94. The number of nitrogens with two attached hydrogens (primary N) is 2. The molecule has 0 bridgehead atoms. The van der Waals surface area contributed by atoms with Crippen molar-refractivity contribution in [3.63, 3.8) is 0 Å². The topological polar surface area (TPSA) is 138 Å². The molecule has 1 fully saturated rings. The van der Waals surface area contributed by atoms with Gasteiger partial charge in [-0.05, 0) is 50.7 Å². The van der Waals surface area contributed by atoms with Crippen LogP contribution in [0.5, 0.6) is 0 Å². The zero-order valence-electron chi connectivity index (χ0n) is 23.2. The van der Waals surface area contributed by atoms with Crippen LogP contribution in [0.15, 0.2) is 41.7 Å². The maximum Gasteiger partial charge on any atom is 0.271 e. The Kier molecular flexibility index (Phi) is 15.2. The van der Waals surface area contributed by atoms with Gasteiger partial charge in [0.15, 0.2) is 0 Å². The van der Waals surface area contributed by atoms with Gasteiger partial charge in [-0.15, -0.1) is 0 Å². The summed E-state index contributed by atoms with van der Waals surface area (Å²) >= 11 is 0. The smallest absolute Gasteiger partial charge is 0.271 e. The first kappa shape index (κ1) is 32.1. The van der Waals surface area contributed by atoms with E-state index in [4.69, 9.17) is 21.6 Å². The largest absolute Gasteiger partial charge is 0.393 e. The second-order valence-corrected chi connectivity index (χ2v) is 9.80. The number of methoxy groups -OCH3 is 1. The molecule has 0 radical (unpaired) electrons. The quantitative estimate of drug-likeness (QED) is 0.158. The minimum Gasteiger partial charge on any atom is -0.393 e. The average molecular weight is 515 g/mol. The zero-order valence-corrected chi connectivity index (χ0v) is 23.2. The summed E-state index contributed by atoms with van der Waals surface area (Å²) in [6, 6.07) is 11.2. The number of benzene rings is 1. The van der Waals surface area contributed by atoms with Crippen molar-refractivity contribution < 1.29 is 14.3 Å². The van der Waals surface area contributed by atoms with Crippen LogP contribution in [0.3, 0.4) is 0 Å². The number of carbonyl (C=O) groups is 2. The number of allylic oxidation sites excluding steroid dienone is 1. The van der Waals surface area contributed by atoms with Gasteiger partial charge in [0.2, 0.25) is 0 Å². The molecule has 1 aromatic carbocycles. The molecule has 0 saturated carbocycles. The first-order chi connectivity index (χ1) is 17.7. The van der Waals surface area contributed by atoms with Gasteiger partial charge in [0.25, 0.3) is 5.91 Å². The highest BCUT2D eigenvalue weighted by Gasteiger charge is 2.33. The summed E-state index contributed by atoms with van der Waals surface area (Å²) in [4.78, 5) is 27.7. The van der Waals surface area contributed by atoms with Gasteiger partial charge in [0, 0.05) is 52.2 Å². The van der Waals surface area contributed by atoms with Crippen LogP contribution in [0.4, 0.5) is 5.69 Å². The molecule has 1 unspecified atom stereocenters. The minimum absolute atomic E-state index is 0.0954. The average Bonchev–Trinajstić information content (AvgIpc) is 2.89. The third-order valence-corrected chi connectivity index (χ3v) is 6.29. The molecular formula is C28H46N6O3. The van der Waals surface area contributed by atoms with Crippen molar-refractivity contribution in [1.29, 1.82) is 5.26 Å². The van der Waals surface area contributed by atoms with Crippen LogP contribution >= 0.6 is 0 Å². The number of ether oxygens (including phenoxy) is 1. The van der Waals surface area contributed by atoms with Gasteiger partial charge in [-0.3, -0.25) is 14.6 Å². The maximum absolute atomic E-state index is 13.8. The summed E-state index contributed by atoms with van der Waals surface area (Å²) in [6.45, 7) is 9.76. The van der Waals surface area contributed by atoms with Crippen molar-refractivity contribution >= 4 is 17.4 Å². The number of ketones is 1. The lowest BCUT2D eigenvalue weighted by molar-refractivity contribution is -0.132. The number of para-hydroxylation sites is 1. The van der Waals surface area contributed by atoms with E-state index >= 15 is 0 Å². The van der Waals surface area contributed by atoms with Gasteiger partial charge >= 0.3 is 0 Å². The fourth-order valence-corrected chi connectivity index (χ4v) is 4.38. The lowest BCUT2D eigenvalue weighted by atomic mass is 9.91. The molecule has 1 saturated heterocycles. The van der Waals surface area contributed by atoms with Crippen molar-refractivity contribution in [1.82, 2.24) is 10.2 Å². The maximum atomic E-state index is 13.8. The van der Waals surface area contributed by atoms with E-state index < -0.39 is 0 Å². The second kappa shape index (κ2) is 17.5. The first-order valence-corrected chi connectivity index (χ1v) is 13.1. The Hall–Kier alpha value is -2.93. The number of amides is 1. The summed E-state index contributed by atoms with van der Waals surface area (Å²) in [5.74, 6) is 6.59. The van der Waals surface area contributed by atoms with Gasteiger partial charge in [-0.1, -0.05) is 38.5 Å². The van der Waals surface area contributed by atoms with Crippen molar-refractivity contribution in [3.05, 3.63) is 41.7 Å². The lowest BCUT2D eigenvalue weighted by Crippen LogP contribution is -2.54. The molecule has 1 amide bonds. The van der Waals surface area contributed by atoms with Crippen molar-refractivity contribution in [3.8, 4) is 6.07 Å². The van der Waals surface area contributed by atoms with E-state index in [1.807, 2.05) is 35.2 Å². The number of hydrogen-bond acceptors (Lipinski definition) is 8. The first-order valence-electron chi connectivity index (χ1n) is 13.1. The number of unbranched alkanes of at least 4 members (excludes halogenated alkanes) is 2. The second-order valence-electron chi connectivity index (χ2n) is 9.80. The fourth-order valence-electron chi connectivity index (χ4n) is 4.38. The number of piperidine rings is 1. The Morgan fingerprint density at radius 3 is 2.41 bits per heavy atom. The van der Waals surface area contributed by atoms with Crippen LogP contribution < -0.4 is 21.9 Å². The van der Waals surface area contributed by atoms with E-state index in [1.165, 1.54) is 11.9 Å². The number of hydrazine groups is 1. The fraction of sp³-hybridized carbons (Fsp3) is 0.607. The summed E-state index contributed by atoms with van der Waals surface area (Å²) in [6.07, 6.45) is 3.96. The number of nitrogens with one attached hydrogen (secondary N) is 1. The van der Waals surface area contributed by atoms with E-state index in [2.05, 4.69) is 19.2 Å². The van der Waals surface area contributed by atoms with Gasteiger partial charge < -0.3 is 20.7 Å². The molecule has 2 atom stereocenters. The number of rotatable bonds is 13. The van der Waals surface area contributed by atoms with Crippen LogP contribution in [-0.2, 0) is 14.3 Å². The van der Waals surface area contributed by atoms with E-state index in [1.54, 1.807) is 20.1 Å². The molecule has 1 aromatic rings. The molecule has 206 valence electrons. The monoisotopic (exact) mass is 514 g/mol. The summed E-state index contributed by atoms with van der Waals surface area (Å²) in [5.41, 5.74) is 8.14. The zero-order chi connectivity index (χ0) is 27.8. The Morgan fingerprint density at radius 1 is 1.19 bits per heavy atom. The minimum atomic E-state index is -0.219. The SMILES string of the molecule is CC#N.COCCCCC/C(=C(/N)C(=O)N(CC(C)C)[C@@H]1CNCC(C(C)=O)C1)N(N)c1ccccc1. The van der Waals surface area contributed by atoms with Crippen LogP contribution in [0.1, 0.15) is 59.8 Å². The molecule has 1 heterocycles. The molecule has 0 aromatic heterocycles. The van der Waals surface area contributed by atoms with Crippen molar-refractivity contribution in [2.75, 3.05) is 38.4 Å². The van der Waals surface area contributed by atoms with E-state index in [0.717, 1.165) is 24.9 Å². The van der Waals surface area contributed by atoms with E-state index in [9.17, 15) is 9.59 Å².